The fraction of sp³-hybridized carbons (Fsp3) is 1.00. The highest BCUT2D eigenvalue weighted by atomic mass is 31.2. The molecule has 1 N–H and O–H groups in total. The van der Waals surface area contributed by atoms with E-state index in [1.54, 1.807) is 20.8 Å². The maximum atomic E-state index is 9.94. The molecule has 0 fully saturated rings. The summed E-state index contributed by atoms with van der Waals surface area (Å²) < 4.78 is 4.50. The van der Waals surface area contributed by atoms with Crippen LogP contribution in [-0.4, -0.2) is 10.5 Å². The Labute approximate surface area is 50.3 Å². The second-order valence-corrected chi connectivity index (χ2v) is 3.10. The third kappa shape index (κ3) is 6.31. The number of rotatable bonds is 1. The molecule has 8 heavy (non-hydrogen) atoms. The van der Waals surface area contributed by atoms with E-state index in [2.05, 4.69) is 4.52 Å². The zero-order chi connectivity index (χ0) is 6.78. The van der Waals surface area contributed by atoms with Crippen molar-refractivity contribution in [3.63, 3.8) is 0 Å². The highest BCUT2D eigenvalue weighted by molar-refractivity contribution is 7.37. The smallest absolute Gasteiger partial charge is 0.0800 e. The van der Waals surface area contributed by atoms with Gasteiger partial charge in [0.15, 0.2) is 0 Å². The Morgan fingerprint density at radius 1 is 1.50 bits per heavy atom. The van der Waals surface area contributed by atoms with Crippen LogP contribution in [0.5, 0.6) is 0 Å². The molecule has 0 aromatic rings. The van der Waals surface area contributed by atoms with Crippen molar-refractivity contribution in [2.24, 2.45) is 0 Å². The van der Waals surface area contributed by atoms with E-state index in [-0.39, 0.29) is 0 Å². The van der Waals surface area contributed by atoms with Gasteiger partial charge >= 0.3 is 0 Å². The highest BCUT2D eigenvalue weighted by Crippen LogP contribution is 2.27. The van der Waals surface area contributed by atoms with Gasteiger partial charge in [0.25, 0.3) is 0 Å². The molecule has 3 nitrogen and oxygen atoms in total. The molecule has 1 unspecified atom stereocenters. The Kier molecular flexibility index (Phi) is 2.84. The van der Waals surface area contributed by atoms with Gasteiger partial charge in [-0.1, -0.05) is 0 Å². The van der Waals surface area contributed by atoms with Crippen LogP contribution in [0.2, 0.25) is 0 Å². The quantitative estimate of drug-likeness (QED) is 0.531. The second-order valence-electron chi connectivity index (χ2n) is 2.44. The lowest BCUT2D eigenvalue weighted by Gasteiger charge is -2.25. The molecule has 1 atom stereocenters. The minimum Gasteiger partial charge on any atom is -0.786 e. The van der Waals surface area contributed by atoms with Gasteiger partial charge in [0, 0.05) is 0 Å². The van der Waals surface area contributed by atoms with Crippen LogP contribution in [0, 0.1) is 0 Å². The van der Waals surface area contributed by atoms with E-state index in [9.17, 15) is 4.89 Å². The fourth-order valence-electron chi connectivity index (χ4n) is 0.234. The standard InChI is InChI=1S/C4H10O3P/c1-4(2,3)7-8(5)6/h5H,1-3H3/q-1. The molecular weight excluding hydrogens is 127 g/mol. The zero-order valence-electron chi connectivity index (χ0n) is 5.21. The second kappa shape index (κ2) is 2.74. The minimum atomic E-state index is -2.44. The van der Waals surface area contributed by atoms with E-state index in [0.29, 0.717) is 0 Å². The van der Waals surface area contributed by atoms with Crippen molar-refractivity contribution in [1.29, 1.82) is 0 Å². The predicted octanol–water partition coefficient (Wildman–Crippen LogP) is 0.381. The molecule has 0 saturated heterocycles. The Morgan fingerprint density at radius 3 is 1.88 bits per heavy atom. The molecule has 0 spiro atoms. The lowest BCUT2D eigenvalue weighted by atomic mass is 10.2. The Morgan fingerprint density at radius 2 is 1.88 bits per heavy atom. The van der Waals surface area contributed by atoms with Crippen LogP contribution < -0.4 is 4.89 Å². The first-order chi connectivity index (χ1) is 3.42. The van der Waals surface area contributed by atoms with Gasteiger partial charge in [-0.25, -0.2) is 0 Å². The molecule has 0 bridgehead atoms. The lowest BCUT2D eigenvalue weighted by molar-refractivity contribution is -0.207. The van der Waals surface area contributed by atoms with Crippen LogP contribution in [-0.2, 0) is 4.52 Å². The summed E-state index contributed by atoms with van der Waals surface area (Å²) >= 11 is 0. The Hall–Kier alpha value is 0.310. The topological polar surface area (TPSA) is 52.5 Å². The molecule has 0 aliphatic heterocycles. The Balaban J connectivity index is 3.39. The maximum absolute atomic E-state index is 9.94. The normalized spacial score (nSPS) is 16.1. The highest BCUT2D eigenvalue weighted by Gasteiger charge is 2.09. The van der Waals surface area contributed by atoms with Crippen LogP contribution in [0.4, 0.5) is 0 Å². The minimum absolute atomic E-state index is 0.512. The van der Waals surface area contributed by atoms with E-state index in [1.165, 1.54) is 0 Å². The molecule has 0 heterocycles. The van der Waals surface area contributed by atoms with Crippen molar-refractivity contribution in [2.75, 3.05) is 0 Å². The first-order valence-electron chi connectivity index (χ1n) is 2.27. The van der Waals surface area contributed by atoms with Gasteiger partial charge < -0.3 is 14.3 Å². The van der Waals surface area contributed by atoms with Gasteiger partial charge in [0.1, 0.15) is 0 Å². The summed E-state index contributed by atoms with van der Waals surface area (Å²) in [5, 5.41) is 0. The lowest BCUT2D eigenvalue weighted by Crippen LogP contribution is -2.18. The summed E-state index contributed by atoms with van der Waals surface area (Å²) in [7, 11) is -2.44. The van der Waals surface area contributed by atoms with Crippen LogP contribution in [0.25, 0.3) is 0 Å². The summed E-state index contributed by atoms with van der Waals surface area (Å²) in [5.41, 5.74) is -0.512. The van der Waals surface area contributed by atoms with E-state index in [0.717, 1.165) is 0 Å². The molecule has 0 radical (unpaired) electrons. The largest absolute Gasteiger partial charge is 0.786 e. The van der Waals surface area contributed by atoms with Crippen molar-refractivity contribution in [3.8, 4) is 0 Å². The van der Waals surface area contributed by atoms with Crippen molar-refractivity contribution in [3.05, 3.63) is 0 Å². The fourth-order valence-corrected chi connectivity index (χ4v) is 0.703. The molecule has 0 rings (SSSR count). The Bertz CT molecular complexity index is 66.2. The van der Waals surface area contributed by atoms with Crippen LogP contribution in [0.3, 0.4) is 0 Å². The van der Waals surface area contributed by atoms with Gasteiger partial charge in [-0.05, 0) is 20.8 Å². The zero-order valence-corrected chi connectivity index (χ0v) is 6.11. The third-order valence-electron chi connectivity index (χ3n) is 0.352. The molecule has 0 aromatic carbocycles. The molecule has 0 aromatic heterocycles. The predicted molar refractivity (Wildman–Crippen MR) is 30.0 cm³/mol. The van der Waals surface area contributed by atoms with Gasteiger partial charge in [-0.3, -0.25) is 0 Å². The van der Waals surface area contributed by atoms with Crippen molar-refractivity contribution < 1.29 is 14.3 Å². The number of hydrogen-bond acceptors (Lipinski definition) is 3. The van der Waals surface area contributed by atoms with E-state index in [4.69, 9.17) is 4.89 Å². The van der Waals surface area contributed by atoms with Gasteiger partial charge in [-0.15, -0.1) is 0 Å². The van der Waals surface area contributed by atoms with Crippen molar-refractivity contribution in [2.45, 2.75) is 26.4 Å². The summed E-state index contributed by atoms with van der Waals surface area (Å²) in [6.45, 7) is 5.16. The molecular formula is C4H10O3P-. The summed E-state index contributed by atoms with van der Waals surface area (Å²) in [6, 6.07) is 0. The molecule has 0 saturated carbocycles. The average molecular weight is 137 g/mol. The van der Waals surface area contributed by atoms with Crippen LogP contribution in [0.1, 0.15) is 20.8 Å². The van der Waals surface area contributed by atoms with Crippen molar-refractivity contribution >= 4 is 8.60 Å². The van der Waals surface area contributed by atoms with Crippen molar-refractivity contribution in [1.82, 2.24) is 0 Å². The van der Waals surface area contributed by atoms with E-state index in [1.807, 2.05) is 0 Å². The van der Waals surface area contributed by atoms with Crippen LogP contribution >= 0.6 is 8.60 Å². The van der Waals surface area contributed by atoms with E-state index < -0.39 is 14.2 Å². The SMILES string of the molecule is CC(C)(C)OP([O-])O. The molecule has 0 amide bonds. The monoisotopic (exact) mass is 137 g/mol. The number of hydrogen-bond donors (Lipinski definition) is 1. The molecule has 0 aliphatic rings. The molecule has 4 heteroatoms. The third-order valence-corrected chi connectivity index (χ3v) is 1.06. The first kappa shape index (κ1) is 8.31. The van der Waals surface area contributed by atoms with Gasteiger partial charge in [0.05, 0.1) is 14.2 Å². The first-order valence-corrected chi connectivity index (χ1v) is 3.40. The summed E-state index contributed by atoms with van der Waals surface area (Å²) in [6.07, 6.45) is 0. The van der Waals surface area contributed by atoms with Gasteiger partial charge in [0.2, 0.25) is 0 Å². The molecule has 50 valence electrons. The summed E-state index contributed by atoms with van der Waals surface area (Å²) in [5.74, 6) is 0. The van der Waals surface area contributed by atoms with E-state index >= 15 is 0 Å². The average Bonchev–Trinajstić information content (AvgIpc) is 1.21. The maximum Gasteiger partial charge on any atom is 0.0800 e. The molecule has 0 aliphatic carbocycles. The summed E-state index contributed by atoms with van der Waals surface area (Å²) in [4.78, 5) is 18.1. The van der Waals surface area contributed by atoms with Gasteiger partial charge in [-0.2, -0.15) is 0 Å². The van der Waals surface area contributed by atoms with Crippen LogP contribution in [0.15, 0.2) is 0 Å².